The van der Waals surface area contributed by atoms with Crippen molar-refractivity contribution in [3.05, 3.63) is 0 Å². The lowest BCUT2D eigenvalue weighted by molar-refractivity contribution is -0.144. The zero-order valence-corrected chi connectivity index (χ0v) is 8.65. The predicted octanol–water partition coefficient (Wildman–Crippen LogP) is 1.81. The van der Waals surface area contributed by atoms with Crippen LogP contribution in [0.15, 0.2) is 0 Å². The monoisotopic (exact) mass is 225 g/mol. The van der Waals surface area contributed by atoms with Gasteiger partial charge in [0.25, 0.3) is 0 Å². The number of hydrogen-bond donors (Lipinski definition) is 1. The van der Waals surface area contributed by atoms with Crippen LogP contribution in [-0.2, 0) is 9.59 Å². The molecule has 0 aromatic rings. The Labute approximate surface area is 86.0 Å². The van der Waals surface area contributed by atoms with Gasteiger partial charge in [0.1, 0.15) is 0 Å². The topological polar surface area (TPSA) is 46.2 Å². The normalized spacial score (nSPS) is 13.4. The Morgan fingerprint density at radius 2 is 1.87 bits per heavy atom. The highest BCUT2D eigenvalue weighted by molar-refractivity contribution is 5.88. The van der Waals surface area contributed by atoms with Crippen LogP contribution in [0.2, 0.25) is 0 Å². The number of nitrogens with one attached hydrogen (secondary N) is 1. The van der Waals surface area contributed by atoms with Gasteiger partial charge in [-0.15, -0.1) is 0 Å². The number of amides is 1. The first-order chi connectivity index (χ1) is 6.76. The van der Waals surface area contributed by atoms with Crippen LogP contribution in [0.4, 0.5) is 13.2 Å². The fraction of sp³-hybridized carbons (Fsp3) is 0.778. The molecule has 1 N–H and O–H groups in total. The third kappa shape index (κ3) is 6.93. The summed E-state index contributed by atoms with van der Waals surface area (Å²) < 4.78 is 35.2. The lowest BCUT2D eigenvalue weighted by atomic mass is 10.1. The first kappa shape index (κ1) is 13.9. The fourth-order valence-electron chi connectivity index (χ4n) is 0.956. The number of Topliss-reactive ketones (excluding diaryl/α,β-unsaturated/α-hetero) is 1. The molecule has 15 heavy (non-hydrogen) atoms. The molecule has 1 atom stereocenters. The highest BCUT2D eigenvalue weighted by Gasteiger charge is 2.28. The zero-order valence-electron chi connectivity index (χ0n) is 8.65. The van der Waals surface area contributed by atoms with Crippen LogP contribution >= 0.6 is 0 Å². The van der Waals surface area contributed by atoms with Crippen LogP contribution in [0.5, 0.6) is 0 Å². The van der Waals surface area contributed by atoms with E-state index >= 15 is 0 Å². The SMILES string of the molecule is CCC(=O)C(C)NC(=O)CCC(F)(F)F. The lowest BCUT2D eigenvalue weighted by Crippen LogP contribution is -2.38. The van der Waals surface area contributed by atoms with E-state index in [9.17, 15) is 22.8 Å². The summed E-state index contributed by atoms with van der Waals surface area (Å²) in [6, 6.07) is -0.712. The van der Waals surface area contributed by atoms with Gasteiger partial charge in [0.2, 0.25) is 5.91 Å². The Kier molecular flexibility index (Phi) is 5.32. The minimum absolute atomic E-state index is 0.199. The van der Waals surface area contributed by atoms with Crippen molar-refractivity contribution in [1.82, 2.24) is 5.32 Å². The van der Waals surface area contributed by atoms with Crippen LogP contribution in [0.25, 0.3) is 0 Å². The molecular weight excluding hydrogens is 211 g/mol. The van der Waals surface area contributed by atoms with Gasteiger partial charge < -0.3 is 5.32 Å². The second-order valence-electron chi connectivity index (χ2n) is 3.22. The van der Waals surface area contributed by atoms with E-state index in [1.165, 1.54) is 6.92 Å². The maximum absolute atomic E-state index is 11.7. The van der Waals surface area contributed by atoms with Gasteiger partial charge in [-0.05, 0) is 6.92 Å². The van der Waals surface area contributed by atoms with E-state index in [2.05, 4.69) is 5.32 Å². The largest absolute Gasteiger partial charge is 0.389 e. The van der Waals surface area contributed by atoms with E-state index in [1.807, 2.05) is 0 Å². The summed E-state index contributed by atoms with van der Waals surface area (Å²) in [5.74, 6) is -0.947. The van der Waals surface area contributed by atoms with Crippen LogP contribution in [-0.4, -0.2) is 23.9 Å². The van der Waals surface area contributed by atoms with Crippen molar-refractivity contribution in [3.8, 4) is 0 Å². The molecule has 0 aromatic carbocycles. The highest BCUT2D eigenvalue weighted by Crippen LogP contribution is 2.20. The maximum atomic E-state index is 11.7. The number of rotatable bonds is 5. The van der Waals surface area contributed by atoms with Gasteiger partial charge in [-0.25, -0.2) is 0 Å². The summed E-state index contributed by atoms with van der Waals surface area (Å²) in [4.78, 5) is 22.0. The molecule has 88 valence electrons. The molecule has 0 heterocycles. The van der Waals surface area contributed by atoms with Gasteiger partial charge in [0.05, 0.1) is 12.5 Å². The zero-order chi connectivity index (χ0) is 12.1. The van der Waals surface area contributed by atoms with Gasteiger partial charge in [-0.3, -0.25) is 9.59 Å². The van der Waals surface area contributed by atoms with E-state index in [1.54, 1.807) is 6.92 Å². The number of ketones is 1. The minimum atomic E-state index is -4.34. The molecule has 1 unspecified atom stereocenters. The number of alkyl halides is 3. The van der Waals surface area contributed by atoms with Crippen LogP contribution in [0.3, 0.4) is 0 Å². The summed E-state index contributed by atoms with van der Waals surface area (Å²) in [5.41, 5.74) is 0. The molecule has 0 spiro atoms. The number of halogens is 3. The molecule has 0 bridgehead atoms. The second-order valence-corrected chi connectivity index (χ2v) is 3.22. The third-order valence-corrected chi connectivity index (χ3v) is 1.84. The van der Waals surface area contributed by atoms with E-state index < -0.39 is 31.0 Å². The Morgan fingerprint density at radius 1 is 1.33 bits per heavy atom. The van der Waals surface area contributed by atoms with Gasteiger partial charge in [0.15, 0.2) is 5.78 Å². The fourth-order valence-corrected chi connectivity index (χ4v) is 0.956. The van der Waals surface area contributed by atoms with Crippen LogP contribution < -0.4 is 5.32 Å². The molecule has 3 nitrogen and oxygen atoms in total. The van der Waals surface area contributed by atoms with Crippen molar-refractivity contribution in [2.24, 2.45) is 0 Å². The van der Waals surface area contributed by atoms with E-state index in [-0.39, 0.29) is 12.2 Å². The van der Waals surface area contributed by atoms with Crippen molar-refractivity contribution in [2.45, 2.75) is 45.3 Å². The molecule has 0 aliphatic heterocycles. The predicted molar refractivity (Wildman–Crippen MR) is 48.2 cm³/mol. The molecule has 0 saturated heterocycles. The third-order valence-electron chi connectivity index (χ3n) is 1.84. The average molecular weight is 225 g/mol. The Morgan fingerprint density at radius 3 is 2.27 bits per heavy atom. The molecule has 0 aromatic heterocycles. The summed E-state index contributed by atoms with van der Waals surface area (Å²) in [7, 11) is 0. The molecule has 0 aliphatic rings. The number of carbonyl (C=O) groups excluding carboxylic acids is 2. The smallest absolute Gasteiger partial charge is 0.347 e. The molecule has 0 saturated carbocycles. The highest BCUT2D eigenvalue weighted by atomic mass is 19.4. The van der Waals surface area contributed by atoms with E-state index in [0.29, 0.717) is 0 Å². The number of carbonyl (C=O) groups is 2. The molecule has 0 aliphatic carbocycles. The molecule has 0 rings (SSSR count). The van der Waals surface area contributed by atoms with Crippen LogP contribution in [0, 0.1) is 0 Å². The van der Waals surface area contributed by atoms with Crippen molar-refractivity contribution in [1.29, 1.82) is 0 Å². The molecule has 0 fully saturated rings. The van der Waals surface area contributed by atoms with Gasteiger partial charge in [-0.1, -0.05) is 6.92 Å². The summed E-state index contributed by atoms with van der Waals surface area (Å²) in [6.45, 7) is 3.08. The van der Waals surface area contributed by atoms with Gasteiger partial charge in [-0.2, -0.15) is 13.2 Å². The maximum Gasteiger partial charge on any atom is 0.389 e. The Balaban J connectivity index is 3.89. The first-order valence-electron chi connectivity index (χ1n) is 4.65. The van der Waals surface area contributed by atoms with E-state index in [0.717, 1.165) is 0 Å². The second kappa shape index (κ2) is 5.72. The molecule has 0 radical (unpaired) electrons. The Bertz CT molecular complexity index is 238. The van der Waals surface area contributed by atoms with Crippen molar-refractivity contribution < 1.29 is 22.8 Å². The van der Waals surface area contributed by atoms with Crippen molar-refractivity contribution in [2.75, 3.05) is 0 Å². The quantitative estimate of drug-likeness (QED) is 0.775. The van der Waals surface area contributed by atoms with Gasteiger partial charge >= 0.3 is 6.18 Å². The minimum Gasteiger partial charge on any atom is -0.347 e. The van der Waals surface area contributed by atoms with Gasteiger partial charge in [0, 0.05) is 12.8 Å². The first-order valence-corrected chi connectivity index (χ1v) is 4.65. The van der Waals surface area contributed by atoms with Crippen LogP contribution in [0.1, 0.15) is 33.1 Å². The molecular formula is C9H14F3NO2. The summed E-state index contributed by atoms with van der Waals surface area (Å²) >= 11 is 0. The molecule has 1 amide bonds. The Hall–Kier alpha value is -1.07. The lowest BCUT2D eigenvalue weighted by Gasteiger charge is -2.12. The van der Waals surface area contributed by atoms with Crippen molar-refractivity contribution in [3.63, 3.8) is 0 Å². The number of hydrogen-bond acceptors (Lipinski definition) is 2. The molecule has 6 heteroatoms. The average Bonchev–Trinajstić information content (AvgIpc) is 2.12. The standard InChI is InChI=1S/C9H14F3NO2/c1-3-7(14)6(2)13-8(15)4-5-9(10,11)12/h6H,3-5H2,1-2H3,(H,13,15). The van der Waals surface area contributed by atoms with E-state index in [4.69, 9.17) is 0 Å². The van der Waals surface area contributed by atoms with Crippen molar-refractivity contribution >= 4 is 11.7 Å². The summed E-state index contributed by atoms with van der Waals surface area (Å²) in [5, 5.41) is 2.21. The summed E-state index contributed by atoms with van der Waals surface area (Å²) in [6.07, 6.45) is -5.88.